The monoisotopic (exact) mass is 240 g/mol. The van der Waals surface area contributed by atoms with Crippen molar-refractivity contribution in [3.8, 4) is 12.3 Å². The van der Waals surface area contributed by atoms with E-state index in [1.165, 1.54) is 11.1 Å². The van der Waals surface area contributed by atoms with Gasteiger partial charge in [-0.25, -0.2) is 0 Å². The van der Waals surface area contributed by atoms with Crippen molar-refractivity contribution in [2.24, 2.45) is 11.7 Å². The van der Waals surface area contributed by atoms with Gasteiger partial charge in [-0.1, -0.05) is 30.7 Å². The summed E-state index contributed by atoms with van der Waals surface area (Å²) in [5.41, 5.74) is 11.6. The van der Waals surface area contributed by atoms with Crippen molar-refractivity contribution in [1.29, 1.82) is 0 Å². The highest BCUT2D eigenvalue weighted by Gasteiger charge is 2.34. The first kappa shape index (κ1) is 12.6. The molecule has 0 saturated heterocycles. The fourth-order valence-electron chi connectivity index (χ4n) is 2.69. The van der Waals surface area contributed by atoms with Crippen molar-refractivity contribution in [2.45, 2.75) is 19.8 Å². The predicted octanol–water partition coefficient (Wildman–Crippen LogP) is 2.57. The summed E-state index contributed by atoms with van der Waals surface area (Å²) in [7, 11) is 0. The summed E-state index contributed by atoms with van der Waals surface area (Å²) in [6, 6.07) is 0. The van der Waals surface area contributed by atoms with E-state index in [9.17, 15) is 0 Å². The minimum Gasteiger partial charge on any atom is -0.399 e. The van der Waals surface area contributed by atoms with Crippen LogP contribution in [0.3, 0.4) is 0 Å². The molecule has 2 aliphatic rings. The molecule has 0 bridgehead atoms. The Bertz CT molecular complexity index is 500. The fraction of sp³-hybridized carbons (Fsp3) is 0.375. The largest absolute Gasteiger partial charge is 0.399 e. The maximum Gasteiger partial charge on any atom is 0.0879 e. The molecule has 0 aromatic carbocycles. The van der Waals surface area contributed by atoms with Gasteiger partial charge in [0.25, 0.3) is 0 Å². The standard InChI is InChI=1S/C16H20N2/c1-5-13-10-18(9-7-8-11(13)3)16-12(4)14(6-2)15(16)17/h2,5,14H,1,4,7-10,17H2,3H3. The second kappa shape index (κ2) is 4.78. The molecule has 0 saturated carbocycles. The van der Waals surface area contributed by atoms with Gasteiger partial charge in [-0.3, -0.25) is 0 Å². The van der Waals surface area contributed by atoms with E-state index in [1.54, 1.807) is 0 Å². The zero-order chi connectivity index (χ0) is 13.3. The Morgan fingerprint density at radius 3 is 2.83 bits per heavy atom. The van der Waals surface area contributed by atoms with Crippen LogP contribution < -0.4 is 5.73 Å². The smallest absolute Gasteiger partial charge is 0.0879 e. The molecular weight excluding hydrogens is 220 g/mol. The minimum atomic E-state index is -0.0690. The molecule has 1 aliphatic carbocycles. The third-order valence-electron chi connectivity index (χ3n) is 3.86. The van der Waals surface area contributed by atoms with Crippen molar-refractivity contribution in [3.05, 3.63) is 47.3 Å². The van der Waals surface area contributed by atoms with Crippen LogP contribution in [0.15, 0.2) is 47.3 Å². The molecule has 1 heterocycles. The van der Waals surface area contributed by atoms with Crippen LogP contribution in [0.1, 0.15) is 19.8 Å². The Balaban J connectivity index is 2.27. The molecule has 2 nitrogen and oxygen atoms in total. The molecule has 2 rings (SSSR count). The van der Waals surface area contributed by atoms with Crippen molar-refractivity contribution in [1.82, 2.24) is 4.90 Å². The number of allylic oxidation sites excluding steroid dienone is 3. The molecule has 1 aliphatic heterocycles. The first-order valence-electron chi connectivity index (χ1n) is 6.31. The zero-order valence-electron chi connectivity index (χ0n) is 11.0. The highest BCUT2D eigenvalue weighted by Crippen LogP contribution is 2.39. The first-order chi connectivity index (χ1) is 8.60. The fourth-order valence-corrected chi connectivity index (χ4v) is 2.69. The average Bonchev–Trinajstić information content (AvgIpc) is 2.52. The van der Waals surface area contributed by atoms with Crippen molar-refractivity contribution < 1.29 is 0 Å². The van der Waals surface area contributed by atoms with Gasteiger partial charge < -0.3 is 10.6 Å². The summed E-state index contributed by atoms with van der Waals surface area (Å²) < 4.78 is 0. The van der Waals surface area contributed by atoms with Gasteiger partial charge in [-0.2, -0.15) is 0 Å². The highest BCUT2D eigenvalue weighted by molar-refractivity contribution is 5.53. The Morgan fingerprint density at radius 1 is 1.56 bits per heavy atom. The van der Waals surface area contributed by atoms with E-state index in [0.717, 1.165) is 42.9 Å². The van der Waals surface area contributed by atoms with Gasteiger partial charge >= 0.3 is 0 Å². The summed E-state index contributed by atoms with van der Waals surface area (Å²) in [6.45, 7) is 12.0. The quantitative estimate of drug-likeness (QED) is 0.752. The molecule has 1 unspecified atom stereocenters. The van der Waals surface area contributed by atoms with E-state index < -0.39 is 0 Å². The lowest BCUT2D eigenvalue weighted by Crippen LogP contribution is -2.38. The third-order valence-corrected chi connectivity index (χ3v) is 3.86. The van der Waals surface area contributed by atoms with Gasteiger partial charge in [0.1, 0.15) is 0 Å². The van der Waals surface area contributed by atoms with Gasteiger partial charge in [0.2, 0.25) is 0 Å². The maximum absolute atomic E-state index is 6.06. The van der Waals surface area contributed by atoms with E-state index in [0.29, 0.717) is 0 Å². The number of hydrogen-bond donors (Lipinski definition) is 1. The van der Waals surface area contributed by atoms with Crippen LogP contribution in [0.2, 0.25) is 0 Å². The van der Waals surface area contributed by atoms with Crippen LogP contribution in [0, 0.1) is 18.3 Å². The van der Waals surface area contributed by atoms with E-state index in [1.807, 2.05) is 6.08 Å². The van der Waals surface area contributed by atoms with Gasteiger partial charge in [-0.15, -0.1) is 6.42 Å². The Hall–Kier alpha value is -1.88. The van der Waals surface area contributed by atoms with Gasteiger partial charge in [0, 0.05) is 13.1 Å². The average molecular weight is 240 g/mol. The van der Waals surface area contributed by atoms with Gasteiger partial charge in [0.05, 0.1) is 17.3 Å². The second-order valence-electron chi connectivity index (χ2n) is 4.96. The molecule has 0 fully saturated rings. The SMILES string of the molecule is C#CC1C(=C)C(N2CCCC(C)=C(C=C)C2)=C1N. The summed E-state index contributed by atoms with van der Waals surface area (Å²) in [5.74, 6) is 2.61. The lowest BCUT2D eigenvalue weighted by Gasteiger charge is -2.38. The number of nitrogens with two attached hydrogens (primary N) is 1. The van der Waals surface area contributed by atoms with E-state index in [4.69, 9.17) is 12.2 Å². The number of rotatable bonds is 2. The molecule has 2 heteroatoms. The topological polar surface area (TPSA) is 29.3 Å². The summed E-state index contributed by atoms with van der Waals surface area (Å²) in [5, 5.41) is 0. The highest BCUT2D eigenvalue weighted by atomic mass is 15.2. The molecule has 0 amide bonds. The van der Waals surface area contributed by atoms with Crippen LogP contribution >= 0.6 is 0 Å². The van der Waals surface area contributed by atoms with Crippen molar-refractivity contribution in [3.63, 3.8) is 0 Å². The van der Waals surface area contributed by atoms with Crippen molar-refractivity contribution >= 4 is 0 Å². The lowest BCUT2D eigenvalue weighted by atomic mass is 9.82. The number of terminal acetylenes is 1. The molecule has 94 valence electrons. The molecule has 0 aromatic rings. The van der Waals surface area contributed by atoms with Crippen molar-refractivity contribution in [2.75, 3.05) is 13.1 Å². The van der Waals surface area contributed by atoms with Crippen LogP contribution in [0.5, 0.6) is 0 Å². The second-order valence-corrected chi connectivity index (χ2v) is 4.96. The predicted molar refractivity (Wildman–Crippen MR) is 76.4 cm³/mol. The summed E-state index contributed by atoms with van der Waals surface area (Å²) in [4.78, 5) is 2.29. The minimum absolute atomic E-state index is 0.0690. The maximum atomic E-state index is 6.06. The van der Waals surface area contributed by atoms with Gasteiger partial charge in [0.15, 0.2) is 0 Å². The van der Waals surface area contributed by atoms with E-state index >= 15 is 0 Å². The lowest BCUT2D eigenvalue weighted by molar-refractivity contribution is 0.358. The van der Waals surface area contributed by atoms with E-state index in [-0.39, 0.29) is 5.92 Å². The molecule has 0 aromatic heterocycles. The molecule has 0 spiro atoms. The van der Waals surface area contributed by atoms with Crippen LogP contribution in [0.4, 0.5) is 0 Å². The summed E-state index contributed by atoms with van der Waals surface area (Å²) in [6.07, 6.45) is 9.65. The van der Waals surface area contributed by atoms with Crippen LogP contribution in [0.25, 0.3) is 0 Å². The Morgan fingerprint density at radius 2 is 2.28 bits per heavy atom. The van der Waals surface area contributed by atoms with E-state index in [2.05, 4.69) is 30.9 Å². The zero-order valence-corrected chi connectivity index (χ0v) is 11.0. The number of nitrogens with zero attached hydrogens (tertiary/aromatic N) is 1. The summed E-state index contributed by atoms with van der Waals surface area (Å²) >= 11 is 0. The Labute approximate surface area is 110 Å². The molecule has 1 atom stereocenters. The third kappa shape index (κ3) is 1.86. The van der Waals surface area contributed by atoms with Gasteiger partial charge in [-0.05, 0) is 30.9 Å². The normalized spacial score (nSPS) is 24.6. The molecular formula is C16H20N2. The molecule has 0 radical (unpaired) electrons. The molecule has 2 N–H and O–H groups in total. The van der Waals surface area contributed by atoms with Crippen LogP contribution in [-0.4, -0.2) is 18.0 Å². The van der Waals surface area contributed by atoms with Crippen LogP contribution in [-0.2, 0) is 0 Å². The Kier molecular flexibility index (Phi) is 3.34. The molecule has 18 heavy (non-hydrogen) atoms. The number of hydrogen-bond acceptors (Lipinski definition) is 2. The first-order valence-corrected chi connectivity index (χ1v) is 6.31.